The zero-order chi connectivity index (χ0) is 16.8. The van der Waals surface area contributed by atoms with Gasteiger partial charge in [-0.25, -0.2) is 4.98 Å². The molecule has 24 heavy (non-hydrogen) atoms. The number of amides is 1. The van der Waals surface area contributed by atoms with E-state index in [-0.39, 0.29) is 5.69 Å². The standard InChI is InChI=1S/C19H17N3O2/c23-19(17-8-4-5-13-22(17)24)21-18-14-16(11-12-20-18)10-9-15-6-2-1-3-7-15/h1-8,11-14H,9-10H2,(H,20,21,23). The highest BCUT2D eigenvalue weighted by atomic mass is 16.5. The van der Waals surface area contributed by atoms with Gasteiger partial charge in [0, 0.05) is 18.3 Å². The van der Waals surface area contributed by atoms with Crippen molar-refractivity contribution in [1.29, 1.82) is 0 Å². The van der Waals surface area contributed by atoms with Crippen LogP contribution in [0.3, 0.4) is 0 Å². The molecule has 5 nitrogen and oxygen atoms in total. The van der Waals surface area contributed by atoms with E-state index in [1.165, 1.54) is 17.8 Å². The van der Waals surface area contributed by atoms with Crippen LogP contribution in [0.25, 0.3) is 0 Å². The van der Waals surface area contributed by atoms with Gasteiger partial charge in [-0.05, 0) is 42.2 Å². The summed E-state index contributed by atoms with van der Waals surface area (Å²) in [4.78, 5) is 16.3. The number of nitrogens with one attached hydrogen (secondary N) is 1. The first kappa shape index (κ1) is 15.7. The highest BCUT2D eigenvalue weighted by Gasteiger charge is 2.15. The largest absolute Gasteiger partial charge is 0.618 e. The normalized spacial score (nSPS) is 10.3. The van der Waals surface area contributed by atoms with Gasteiger partial charge in [-0.2, -0.15) is 4.73 Å². The predicted molar refractivity (Wildman–Crippen MR) is 91.4 cm³/mol. The third kappa shape index (κ3) is 3.95. The smallest absolute Gasteiger partial charge is 0.322 e. The number of hydrogen-bond donors (Lipinski definition) is 1. The minimum atomic E-state index is -0.474. The minimum Gasteiger partial charge on any atom is -0.618 e. The van der Waals surface area contributed by atoms with Crippen molar-refractivity contribution in [1.82, 2.24) is 4.98 Å². The van der Waals surface area contributed by atoms with Crippen molar-refractivity contribution < 1.29 is 9.52 Å². The van der Waals surface area contributed by atoms with Crippen LogP contribution in [0.1, 0.15) is 21.6 Å². The Morgan fingerprint density at radius 1 is 1.00 bits per heavy atom. The third-order valence-corrected chi connectivity index (χ3v) is 3.67. The Bertz CT molecular complexity index is 835. The molecule has 2 heterocycles. The lowest BCUT2D eigenvalue weighted by Gasteiger charge is -2.07. The van der Waals surface area contributed by atoms with Crippen LogP contribution < -0.4 is 10.0 Å². The molecule has 0 unspecified atom stereocenters. The Morgan fingerprint density at radius 2 is 1.75 bits per heavy atom. The van der Waals surface area contributed by atoms with Crippen molar-refractivity contribution in [3.8, 4) is 0 Å². The van der Waals surface area contributed by atoms with E-state index in [1.54, 1.807) is 18.3 Å². The molecular formula is C19H17N3O2. The fraction of sp³-hybridized carbons (Fsp3) is 0.105. The number of benzene rings is 1. The van der Waals surface area contributed by atoms with E-state index in [9.17, 15) is 10.0 Å². The number of rotatable bonds is 5. The molecule has 0 aliphatic carbocycles. The second-order valence-corrected chi connectivity index (χ2v) is 5.40. The van der Waals surface area contributed by atoms with E-state index in [0.717, 1.165) is 18.4 Å². The predicted octanol–water partition coefficient (Wildman–Crippen LogP) is 2.75. The molecule has 0 radical (unpaired) electrons. The molecule has 0 spiro atoms. The molecule has 1 aromatic carbocycles. The molecule has 3 rings (SSSR count). The monoisotopic (exact) mass is 319 g/mol. The molecule has 0 aliphatic heterocycles. The first-order valence-corrected chi connectivity index (χ1v) is 7.71. The lowest BCUT2D eigenvalue weighted by molar-refractivity contribution is -0.607. The topological polar surface area (TPSA) is 68.9 Å². The van der Waals surface area contributed by atoms with E-state index in [1.807, 2.05) is 30.3 Å². The maximum absolute atomic E-state index is 12.2. The number of hydrogen-bond acceptors (Lipinski definition) is 3. The van der Waals surface area contributed by atoms with E-state index >= 15 is 0 Å². The highest BCUT2D eigenvalue weighted by molar-refractivity contribution is 6.01. The van der Waals surface area contributed by atoms with Crippen LogP contribution in [-0.2, 0) is 12.8 Å². The molecule has 0 saturated heterocycles. The van der Waals surface area contributed by atoms with Crippen molar-refractivity contribution in [3.05, 3.63) is 95.1 Å². The summed E-state index contributed by atoms with van der Waals surface area (Å²) in [6.07, 6.45) is 4.71. The van der Waals surface area contributed by atoms with Crippen molar-refractivity contribution >= 4 is 11.7 Å². The number of pyridine rings is 2. The molecule has 0 fully saturated rings. The molecule has 1 amide bonds. The molecule has 2 aromatic heterocycles. The van der Waals surface area contributed by atoms with Gasteiger partial charge >= 0.3 is 5.91 Å². The summed E-state index contributed by atoms with van der Waals surface area (Å²) in [5, 5.41) is 14.3. The van der Waals surface area contributed by atoms with E-state index in [0.29, 0.717) is 10.5 Å². The van der Waals surface area contributed by atoms with Crippen LogP contribution >= 0.6 is 0 Å². The van der Waals surface area contributed by atoms with Crippen LogP contribution in [0.2, 0.25) is 0 Å². The minimum absolute atomic E-state index is 0.0361. The first-order chi connectivity index (χ1) is 11.7. The Labute approximate surface area is 140 Å². The zero-order valence-corrected chi connectivity index (χ0v) is 13.1. The molecule has 0 aliphatic rings. The SMILES string of the molecule is O=C(Nc1cc(CCc2ccccc2)ccn1)c1cccc[n+]1[O-]. The van der Waals surface area contributed by atoms with Crippen LogP contribution in [0, 0.1) is 5.21 Å². The summed E-state index contributed by atoms with van der Waals surface area (Å²) in [5.41, 5.74) is 2.37. The number of aromatic nitrogens is 2. The van der Waals surface area contributed by atoms with E-state index < -0.39 is 5.91 Å². The maximum atomic E-state index is 12.2. The summed E-state index contributed by atoms with van der Waals surface area (Å²) in [6, 6.07) is 18.7. The second kappa shape index (κ2) is 7.37. The number of anilines is 1. The van der Waals surface area contributed by atoms with Crippen LogP contribution in [0.5, 0.6) is 0 Å². The third-order valence-electron chi connectivity index (χ3n) is 3.67. The van der Waals surface area contributed by atoms with Crippen LogP contribution in [-0.4, -0.2) is 10.9 Å². The van der Waals surface area contributed by atoms with Gasteiger partial charge in [0.25, 0.3) is 5.69 Å². The Hall–Kier alpha value is -3.21. The summed E-state index contributed by atoms with van der Waals surface area (Å²) >= 11 is 0. The number of carbonyl (C=O) groups excluding carboxylic acids is 1. The molecule has 1 N–H and O–H groups in total. The molecule has 0 atom stereocenters. The first-order valence-electron chi connectivity index (χ1n) is 7.71. The van der Waals surface area contributed by atoms with E-state index in [2.05, 4.69) is 22.4 Å². The average molecular weight is 319 g/mol. The number of nitrogens with zero attached hydrogens (tertiary/aromatic N) is 2. The van der Waals surface area contributed by atoms with E-state index in [4.69, 9.17) is 0 Å². The summed E-state index contributed by atoms with van der Waals surface area (Å²) < 4.78 is 0.536. The Morgan fingerprint density at radius 3 is 2.54 bits per heavy atom. The summed E-state index contributed by atoms with van der Waals surface area (Å²) in [5.74, 6) is -0.0345. The number of aryl methyl sites for hydroxylation is 2. The van der Waals surface area contributed by atoms with Crippen LogP contribution in [0.15, 0.2) is 73.1 Å². The van der Waals surface area contributed by atoms with Crippen molar-refractivity contribution in [2.75, 3.05) is 5.32 Å². The molecule has 3 aromatic rings. The van der Waals surface area contributed by atoms with Gasteiger partial charge in [-0.1, -0.05) is 30.3 Å². The van der Waals surface area contributed by atoms with Crippen molar-refractivity contribution in [2.24, 2.45) is 0 Å². The molecule has 0 bridgehead atoms. The maximum Gasteiger partial charge on any atom is 0.322 e. The average Bonchev–Trinajstić information content (AvgIpc) is 2.61. The number of carbonyl (C=O) groups is 1. The van der Waals surface area contributed by atoms with Gasteiger partial charge in [-0.15, -0.1) is 0 Å². The van der Waals surface area contributed by atoms with Crippen molar-refractivity contribution in [3.63, 3.8) is 0 Å². The fourth-order valence-electron chi connectivity index (χ4n) is 2.42. The molecular weight excluding hydrogens is 302 g/mol. The Balaban J connectivity index is 1.67. The molecule has 5 heteroatoms. The molecule has 120 valence electrons. The van der Waals surface area contributed by atoms with Gasteiger partial charge in [-0.3, -0.25) is 4.79 Å². The zero-order valence-electron chi connectivity index (χ0n) is 13.1. The van der Waals surface area contributed by atoms with Gasteiger partial charge in [0.05, 0.1) is 0 Å². The van der Waals surface area contributed by atoms with Crippen molar-refractivity contribution in [2.45, 2.75) is 12.8 Å². The lowest BCUT2D eigenvalue weighted by Crippen LogP contribution is -2.36. The van der Waals surface area contributed by atoms with Crippen LogP contribution in [0.4, 0.5) is 5.82 Å². The van der Waals surface area contributed by atoms with Gasteiger partial charge < -0.3 is 10.5 Å². The second-order valence-electron chi connectivity index (χ2n) is 5.40. The van der Waals surface area contributed by atoms with Gasteiger partial charge in [0.15, 0.2) is 6.20 Å². The molecule has 0 saturated carbocycles. The van der Waals surface area contributed by atoms with Gasteiger partial charge in [0.2, 0.25) is 0 Å². The fourth-order valence-corrected chi connectivity index (χ4v) is 2.42. The Kier molecular flexibility index (Phi) is 4.81. The summed E-state index contributed by atoms with van der Waals surface area (Å²) in [7, 11) is 0. The summed E-state index contributed by atoms with van der Waals surface area (Å²) in [6.45, 7) is 0. The van der Waals surface area contributed by atoms with Gasteiger partial charge in [0.1, 0.15) is 5.82 Å². The lowest BCUT2D eigenvalue weighted by atomic mass is 10.1. The quantitative estimate of drug-likeness (QED) is 0.581. The highest BCUT2D eigenvalue weighted by Crippen LogP contribution is 2.11.